The molecule has 2 fully saturated rings. The molecule has 2 saturated heterocycles. The SMILES string of the molecule is CC(=O)CN1CCN(c2cc(N3CCO[C@H](C)[C@@H]3C)nc(-n3c(C(F)F)nc4ccccc43)n2)CC1. The van der Waals surface area contributed by atoms with Crippen LogP contribution < -0.4 is 9.80 Å². The van der Waals surface area contributed by atoms with Crippen molar-refractivity contribution in [1.29, 1.82) is 0 Å². The highest BCUT2D eigenvalue weighted by atomic mass is 19.3. The molecule has 0 unspecified atom stereocenters. The van der Waals surface area contributed by atoms with Gasteiger partial charge in [-0.25, -0.2) is 13.8 Å². The van der Waals surface area contributed by atoms with Gasteiger partial charge in [0.1, 0.15) is 17.4 Å². The van der Waals surface area contributed by atoms with Gasteiger partial charge in [-0.3, -0.25) is 14.3 Å². The number of carbonyl (C=O) groups excluding carboxylic acids is 1. The largest absolute Gasteiger partial charge is 0.375 e. The predicted octanol–water partition coefficient (Wildman–Crippen LogP) is 3.08. The molecule has 0 radical (unpaired) electrons. The van der Waals surface area contributed by atoms with Gasteiger partial charge in [-0.05, 0) is 32.9 Å². The van der Waals surface area contributed by atoms with E-state index in [4.69, 9.17) is 14.7 Å². The smallest absolute Gasteiger partial charge is 0.296 e. The molecule has 2 atom stereocenters. The lowest BCUT2D eigenvalue weighted by Gasteiger charge is -2.39. The van der Waals surface area contributed by atoms with Crippen molar-refractivity contribution in [2.24, 2.45) is 0 Å². The highest BCUT2D eigenvalue weighted by Gasteiger charge is 2.30. The number of aromatic nitrogens is 4. The molecule has 0 saturated carbocycles. The van der Waals surface area contributed by atoms with Crippen LogP contribution in [0, 0.1) is 0 Å². The fraction of sp³-hybridized carbons (Fsp3) is 0.520. The number of Topliss-reactive ketones (excluding diaryl/α,β-unsaturated/α-hetero) is 1. The van der Waals surface area contributed by atoms with Crippen molar-refractivity contribution < 1.29 is 18.3 Å². The lowest BCUT2D eigenvalue weighted by Crippen LogP contribution is -2.49. The monoisotopic (exact) mass is 499 g/mol. The van der Waals surface area contributed by atoms with E-state index in [-0.39, 0.29) is 29.7 Å². The highest BCUT2D eigenvalue weighted by molar-refractivity contribution is 5.78. The summed E-state index contributed by atoms with van der Waals surface area (Å²) in [4.78, 5) is 31.7. The zero-order valence-corrected chi connectivity index (χ0v) is 20.8. The molecule has 11 heteroatoms. The van der Waals surface area contributed by atoms with Crippen LogP contribution >= 0.6 is 0 Å². The molecule has 0 spiro atoms. The first-order valence-electron chi connectivity index (χ1n) is 12.3. The Labute approximate surface area is 208 Å². The zero-order chi connectivity index (χ0) is 25.4. The first kappa shape index (κ1) is 24.5. The summed E-state index contributed by atoms with van der Waals surface area (Å²) in [5, 5.41) is 0. The number of fused-ring (bicyclic) bond motifs is 1. The minimum absolute atomic E-state index is 0.00133. The van der Waals surface area contributed by atoms with Crippen LogP contribution in [0.2, 0.25) is 0 Å². The van der Waals surface area contributed by atoms with Crippen molar-refractivity contribution in [1.82, 2.24) is 24.4 Å². The van der Waals surface area contributed by atoms with Crippen LogP contribution in [0.25, 0.3) is 17.0 Å². The summed E-state index contributed by atoms with van der Waals surface area (Å²) >= 11 is 0. The molecule has 192 valence electrons. The number of halogens is 2. The lowest BCUT2D eigenvalue weighted by atomic mass is 10.1. The number of anilines is 2. The van der Waals surface area contributed by atoms with E-state index in [0.29, 0.717) is 55.5 Å². The number of morpholine rings is 1. The average molecular weight is 500 g/mol. The van der Waals surface area contributed by atoms with Gasteiger partial charge in [0.05, 0.1) is 36.3 Å². The molecule has 5 rings (SSSR count). The number of imidazole rings is 1. The second-order valence-corrected chi connectivity index (χ2v) is 9.45. The Bertz CT molecular complexity index is 1240. The Morgan fingerprint density at radius 2 is 1.78 bits per heavy atom. The van der Waals surface area contributed by atoms with Gasteiger partial charge < -0.3 is 14.5 Å². The molecule has 0 N–H and O–H groups in total. The Morgan fingerprint density at radius 1 is 1.06 bits per heavy atom. The lowest BCUT2D eigenvalue weighted by molar-refractivity contribution is -0.118. The van der Waals surface area contributed by atoms with Gasteiger partial charge in [0.2, 0.25) is 5.95 Å². The maximum absolute atomic E-state index is 14.1. The van der Waals surface area contributed by atoms with E-state index >= 15 is 0 Å². The third-order valence-electron chi connectivity index (χ3n) is 6.99. The second-order valence-electron chi connectivity index (χ2n) is 9.45. The zero-order valence-electron chi connectivity index (χ0n) is 20.8. The Kier molecular flexibility index (Phi) is 6.85. The maximum atomic E-state index is 14.1. The number of para-hydroxylation sites is 2. The van der Waals surface area contributed by atoms with Crippen molar-refractivity contribution in [3.8, 4) is 5.95 Å². The van der Waals surface area contributed by atoms with Crippen molar-refractivity contribution in [2.45, 2.75) is 39.3 Å². The Morgan fingerprint density at radius 3 is 2.50 bits per heavy atom. The molecule has 36 heavy (non-hydrogen) atoms. The van der Waals surface area contributed by atoms with E-state index < -0.39 is 6.43 Å². The van der Waals surface area contributed by atoms with Gasteiger partial charge in [0.25, 0.3) is 6.43 Å². The van der Waals surface area contributed by atoms with Crippen LogP contribution in [-0.4, -0.2) is 88.2 Å². The van der Waals surface area contributed by atoms with Crippen LogP contribution in [0.5, 0.6) is 0 Å². The van der Waals surface area contributed by atoms with Gasteiger partial charge in [-0.1, -0.05) is 12.1 Å². The van der Waals surface area contributed by atoms with E-state index in [1.165, 1.54) is 4.57 Å². The number of alkyl halides is 2. The predicted molar refractivity (Wildman–Crippen MR) is 133 cm³/mol. The number of ketones is 1. The number of carbonyl (C=O) groups is 1. The molecule has 1 aromatic carbocycles. The molecule has 3 aromatic rings. The highest BCUT2D eigenvalue weighted by Crippen LogP contribution is 2.30. The van der Waals surface area contributed by atoms with Crippen LogP contribution in [0.1, 0.15) is 33.0 Å². The van der Waals surface area contributed by atoms with E-state index in [2.05, 4.69) is 26.6 Å². The molecule has 2 aliphatic heterocycles. The number of piperazine rings is 1. The number of hydrogen-bond acceptors (Lipinski definition) is 8. The molecule has 9 nitrogen and oxygen atoms in total. The van der Waals surface area contributed by atoms with Gasteiger partial charge in [-0.2, -0.15) is 9.97 Å². The summed E-state index contributed by atoms with van der Waals surface area (Å²) < 4.78 is 35.4. The Hall–Kier alpha value is -3.18. The first-order chi connectivity index (χ1) is 17.3. The summed E-state index contributed by atoms with van der Waals surface area (Å²) in [7, 11) is 0. The number of nitrogens with zero attached hydrogens (tertiary/aromatic N) is 7. The van der Waals surface area contributed by atoms with Crippen LogP contribution in [-0.2, 0) is 9.53 Å². The van der Waals surface area contributed by atoms with Gasteiger partial charge in [-0.15, -0.1) is 0 Å². The fourth-order valence-corrected chi connectivity index (χ4v) is 4.93. The van der Waals surface area contributed by atoms with Crippen molar-refractivity contribution >= 4 is 28.5 Å². The molecule has 4 heterocycles. The topological polar surface area (TPSA) is 79.6 Å². The molecule has 0 aliphatic carbocycles. The third kappa shape index (κ3) is 4.77. The van der Waals surface area contributed by atoms with E-state index in [1.807, 2.05) is 13.0 Å². The fourth-order valence-electron chi connectivity index (χ4n) is 4.93. The van der Waals surface area contributed by atoms with E-state index in [0.717, 1.165) is 13.1 Å². The number of ether oxygens (including phenoxy) is 1. The average Bonchev–Trinajstić information content (AvgIpc) is 3.26. The Balaban J connectivity index is 1.59. The summed E-state index contributed by atoms with van der Waals surface area (Å²) in [5.41, 5.74) is 1.00. The van der Waals surface area contributed by atoms with Crippen LogP contribution in [0.3, 0.4) is 0 Å². The molecular weight excluding hydrogens is 468 g/mol. The minimum atomic E-state index is -2.79. The molecule has 2 aromatic heterocycles. The molecular formula is C25H31F2N7O2. The molecule has 2 aliphatic rings. The molecule has 0 bridgehead atoms. The summed E-state index contributed by atoms with van der Waals surface area (Å²) in [6, 6.07) is 9.01. The summed E-state index contributed by atoms with van der Waals surface area (Å²) in [6.45, 7) is 10.1. The van der Waals surface area contributed by atoms with E-state index in [1.54, 1.807) is 31.2 Å². The van der Waals surface area contributed by atoms with Gasteiger partial charge in [0, 0.05) is 38.8 Å². The molecule has 0 amide bonds. The maximum Gasteiger partial charge on any atom is 0.296 e. The third-order valence-corrected chi connectivity index (χ3v) is 6.99. The second kappa shape index (κ2) is 10.1. The van der Waals surface area contributed by atoms with Crippen molar-refractivity contribution in [3.63, 3.8) is 0 Å². The standard InChI is InChI=1S/C25H31F2N7O2/c1-16(35)15-31-8-10-32(11-9-31)21-14-22(33-12-13-36-18(3)17(33)2)30-25(29-21)34-20-7-5-4-6-19(20)28-24(34)23(26)27/h4-7,14,17-18,23H,8-13,15H2,1-3H3/t17-,18+/m0/s1. The van der Waals surface area contributed by atoms with Crippen LogP contribution in [0.4, 0.5) is 20.4 Å². The van der Waals surface area contributed by atoms with Crippen molar-refractivity contribution in [3.05, 3.63) is 36.2 Å². The van der Waals surface area contributed by atoms with Gasteiger partial charge >= 0.3 is 0 Å². The van der Waals surface area contributed by atoms with Crippen molar-refractivity contribution in [2.75, 3.05) is 55.7 Å². The summed E-state index contributed by atoms with van der Waals surface area (Å²) in [6.07, 6.45) is -2.79. The number of hydrogen-bond donors (Lipinski definition) is 0. The normalized spacial score (nSPS) is 21.5. The van der Waals surface area contributed by atoms with Gasteiger partial charge in [0.15, 0.2) is 5.82 Å². The first-order valence-corrected chi connectivity index (χ1v) is 12.3. The van der Waals surface area contributed by atoms with E-state index in [9.17, 15) is 13.6 Å². The minimum Gasteiger partial charge on any atom is -0.375 e. The van der Waals surface area contributed by atoms with Crippen LogP contribution in [0.15, 0.2) is 30.3 Å². The number of benzene rings is 1. The quantitative estimate of drug-likeness (QED) is 0.512. The summed E-state index contributed by atoms with van der Waals surface area (Å²) in [5.74, 6) is 1.26. The number of rotatable bonds is 6.